The topological polar surface area (TPSA) is 57.6 Å². The summed E-state index contributed by atoms with van der Waals surface area (Å²) in [6.07, 6.45) is 4.71. The van der Waals surface area contributed by atoms with Crippen LogP contribution in [-0.2, 0) is 4.79 Å². The molecule has 2 fully saturated rings. The number of thiophene rings is 1. The van der Waals surface area contributed by atoms with Crippen LogP contribution in [0, 0.1) is 5.92 Å². The number of aliphatic carboxylic acids is 1. The van der Waals surface area contributed by atoms with E-state index in [2.05, 4.69) is 0 Å². The zero-order valence-corrected chi connectivity index (χ0v) is 12.5. The first kappa shape index (κ1) is 13.9. The number of carboxylic acids is 1. The summed E-state index contributed by atoms with van der Waals surface area (Å²) in [6, 6.07) is 1.05. The average Bonchev–Trinajstić information content (AvgIpc) is 3.01. The molecule has 0 spiro atoms. The maximum absolute atomic E-state index is 12.7. The van der Waals surface area contributed by atoms with Crippen LogP contribution in [0.1, 0.15) is 41.8 Å². The van der Waals surface area contributed by atoms with Crippen molar-refractivity contribution >= 4 is 34.8 Å². The summed E-state index contributed by atoms with van der Waals surface area (Å²) in [4.78, 5) is 26.2. The lowest BCUT2D eigenvalue weighted by Gasteiger charge is -2.32. The summed E-state index contributed by atoms with van der Waals surface area (Å²) in [5.74, 6) is -0.792. The SMILES string of the molecule is O=C(O)C1CC2CCCCC2N1C(=O)c1sccc1Cl. The maximum Gasteiger partial charge on any atom is 0.326 e. The number of rotatable bonds is 2. The Morgan fingerprint density at radius 1 is 1.35 bits per heavy atom. The number of carbonyl (C=O) groups excluding carboxylic acids is 1. The molecule has 1 aromatic rings. The van der Waals surface area contributed by atoms with E-state index in [9.17, 15) is 14.7 Å². The van der Waals surface area contributed by atoms with Gasteiger partial charge in [-0.1, -0.05) is 24.4 Å². The Labute approximate surface area is 126 Å². The van der Waals surface area contributed by atoms with Crippen LogP contribution in [0.3, 0.4) is 0 Å². The lowest BCUT2D eigenvalue weighted by atomic mass is 9.85. The van der Waals surface area contributed by atoms with E-state index >= 15 is 0 Å². The van der Waals surface area contributed by atoms with Gasteiger partial charge in [0.1, 0.15) is 10.9 Å². The third-order valence-corrected chi connectivity index (χ3v) is 5.75. The van der Waals surface area contributed by atoms with Crippen molar-refractivity contribution in [3.05, 3.63) is 21.3 Å². The minimum Gasteiger partial charge on any atom is -0.480 e. The molecule has 1 saturated carbocycles. The van der Waals surface area contributed by atoms with Crippen LogP contribution < -0.4 is 0 Å². The minimum absolute atomic E-state index is 0.0653. The first-order chi connectivity index (χ1) is 9.59. The van der Waals surface area contributed by atoms with E-state index in [1.165, 1.54) is 11.3 Å². The molecule has 1 aromatic heterocycles. The normalized spacial score (nSPS) is 29.2. The van der Waals surface area contributed by atoms with Gasteiger partial charge in [-0.15, -0.1) is 11.3 Å². The highest BCUT2D eigenvalue weighted by Crippen LogP contribution is 2.41. The van der Waals surface area contributed by atoms with E-state index in [4.69, 9.17) is 11.6 Å². The van der Waals surface area contributed by atoms with Gasteiger partial charge in [0.2, 0.25) is 0 Å². The summed E-state index contributed by atoms with van der Waals surface area (Å²) in [6.45, 7) is 0. The molecule has 2 aliphatic rings. The van der Waals surface area contributed by atoms with E-state index in [0.29, 0.717) is 22.2 Å². The second kappa shape index (κ2) is 5.37. The number of carbonyl (C=O) groups is 2. The number of fused-ring (bicyclic) bond motifs is 1. The number of halogens is 1. The number of hydrogen-bond acceptors (Lipinski definition) is 3. The van der Waals surface area contributed by atoms with Crippen molar-refractivity contribution in [2.75, 3.05) is 0 Å². The van der Waals surface area contributed by atoms with Crippen molar-refractivity contribution in [1.82, 2.24) is 4.90 Å². The van der Waals surface area contributed by atoms with Crippen molar-refractivity contribution in [1.29, 1.82) is 0 Å². The van der Waals surface area contributed by atoms with E-state index in [1.54, 1.807) is 16.3 Å². The fraction of sp³-hybridized carbons (Fsp3) is 0.571. The molecule has 1 amide bonds. The molecule has 3 atom stereocenters. The van der Waals surface area contributed by atoms with Crippen LogP contribution >= 0.6 is 22.9 Å². The highest BCUT2D eigenvalue weighted by atomic mass is 35.5. The first-order valence-electron chi connectivity index (χ1n) is 6.88. The molecular weight excluding hydrogens is 298 g/mol. The average molecular weight is 314 g/mol. The van der Waals surface area contributed by atoms with Crippen molar-refractivity contribution in [2.24, 2.45) is 5.92 Å². The third-order valence-electron chi connectivity index (χ3n) is 4.42. The van der Waals surface area contributed by atoms with Crippen LogP contribution in [0.15, 0.2) is 11.4 Å². The van der Waals surface area contributed by atoms with Gasteiger partial charge >= 0.3 is 5.97 Å². The molecule has 3 unspecified atom stereocenters. The van der Waals surface area contributed by atoms with E-state index in [-0.39, 0.29) is 11.9 Å². The van der Waals surface area contributed by atoms with Crippen molar-refractivity contribution < 1.29 is 14.7 Å². The van der Waals surface area contributed by atoms with Crippen LogP contribution in [0.25, 0.3) is 0 Å². The smallest absolute Gasteiger partial charge is 0.326 e. The lowest BCUT2D eigenvalue weighted by Crippen LogP contribution is -2.46. The van der Waals surface area contributed by atoms with Gasteiger partial charge in [-0.2, -0.15) is 0 Å². The molecule has 0 radical (unpaired) electrons. The summed E-state index contributed by atoms with van der Waals surface area (Å²) in [5.41, 5.74) is 0. The molecule has 20 heavy (non-hydrogen) atoms. The van der Waals surface area contributed by atoms with Gasteiger partial charge in [0.25, 0.3) is 5.91 Å². The standard InChI is InChI=1S/C14H16ClNO3S/c15-9-5-6-20-12(9)13(17)16-10-4-2-1-3-8(10)7-11(16)14(18)19/h5-6,8,10-11H,1-4,7H2,(H,18,19). The van der Waals surface area contributed by atoms with Gasteiger partial charge in [-0.05, 0) is 36.6 Å². The Bertz CT molecular complexity index is 544. The summed E-state index contributed by atoms with van der Waals surface area (Å²) < 4.78 is 0. The van der Waals surface area contributed by atoms with E-state index in [1.807, 2.05) is 0 Å². The number of nitrogens with zero attached hydrogens (tertiary/aromatic N) is 1. The fourth-order valence-electron chi connectivity index (χ4n) is 3.54. The van der Waals surface area contributed by atoms with Crippen LogP contribution in [0.2, 0.25) is 5.02 Å². The molecule has 6 heteroatoms. The molecule has 1 N–H and O–H groups in total. The molecule has 1 aliphatic heterocycles. The van der Waals surface area contributed by atoms with Gasteiger partial charge < -0.3 is 10.0 Å². The molecule has 0 aromatic carbocycles. The van der Waals surface area contributed by atoms with Crippen molar-refractivity contribution in [3.63, 3.8) is 0 Å². The predicted molar refractivity (Wildman–Crippen MR) is 77.3 cm³/mol. The summed E-state index contributed by atoms with van der Waals surface area (Å²) in [5, 5.41) is 11.6. The zero-order valence-electron chi connectivity index (χ0n) is 10.9. The van der Waals surface area contributed by atoms with Gasteiger partial charge in [0.05, 0.1) is 5.02 Å². The molecule has 2 heterocycles. The fourth-order valence-corrected chi connectivity index (χ4v) is 4.62. The Kier molecular flexibility index (Phi) is 3.73. The van der Waals surface area contributed by atoms with Gasteiger partial charge in [-0.25, -0.2) is 4.79 Å². The minimum atomic E-state index is -0.902. The van der Waals surface area contributed by atoms with Gasteiger partial charge in [-0.3, -0.25) is 4.79 Å². The molecule has 3 rings (SSSR count). The second-order valence-electron chi connectivity index (χ2n) is 5.51. The Morgan fingerprint density at radius 3 is 2.75 bits per heavy atom. The maximum atomic E-state index is 12.7. The largest absolute Gasteiger partial charge is 0.480 e. The van der Waals surface area contributed by atoms with Crippen LogP contribution in [0.5, 0.6) is 0 Å². The Morgan fingerprint density at radius 2 is 2.10 bits per heavy atom. The number of carboxylic acid groups (broad SMARTS) is 1. The highest BCUT2D eigenvalue weighted by molar-refractivity contribution is 7.12. The van der Waals surface area contributed by atoms with Crippen LogP contribution in [-0.4, -0.2) is 34.0 Å². The van der Waals surface area contributed by atoms with Crippen molar-refractivity contribution in [3.8, 4) is 0 Å². The number of amides is 1. The first-order valence-corrected chi connectivity index (χ1v) is 8.14. The van der Waals surface area contributed by atoms with Gasteiger partial charge in [0, 0.05) is 6.04 Å². The molecule has 1 aliphatic carbocycles. The molecule has 1 saturated heterocycles. The van der Waals surface area contributed by atoms with Crippen molar-refractivity contribution in [2.45, 2.75) is 44.2 Å². The molecular formula is C14H16ClNO3S. The lowest BCUT2D eigenvalue weighted by molar-refractivity contribution is -0.141. The summed E-state index contributed by atoms with van der Waals surface area (Å²) in [7, 11) is 0. The second-order valence-corrected chi connectivity index (χ2v) is 6.84. The van der Waals surface area contributed by atoms with Gasteiger partial charge in [0.15, 0.2) is 0 Å². The summed E-state index contributed by atoms with van der Waals surface area (Å²) >= 11 is 7.31. The molecule has 4 nitrogen and oxygen atoms in total. The molecule has 0 bridgehead atoms. The number of hydrogen-bond donors (Lipinski definition) is 1. The highest BCUT2D eigenvalue weighted by Gasteiger charge is 2.48. The van der Waals surface area contributed by atoms with E-state index < -0.39 is 12.0 Å². The Hall–Kier alpha value is -1.07. The Balaban J connectivity index is 1.93. The van der Waals surface area contributed by atoms with Crippen LogP contribution in [0.4, 0.5) is 0 Å². The monoisotopic (exact) mass is 313 g/mol. The quantitative estimate of drug-likeness (QED) is 0.911. The number of likely N-dealkylation sites (tertiary alicyclic amines) is 1. The zero-order chi connectivity index (χ0) is 14.3. The predicted octanol–water partition coefficient (Wildman–Crippen LogP) is 3.26. The molecule has 108 valence electrons. The third kappa shape index (κ3) is 2.23. The van der Waals surface area contributed by atoms with E-state index in [0.717, 1.165) is 25.7 Å².